The van der Waals surface area contributed by atoms with Crippen molar-refractivity contribution < 1.29 is 14.3 Å². The largest absolute Gasteiger partial charge is 0.469 e. The monoisotopic (exact) mass is 344 g/mol. The average molecular weight is 345 g/mol. The van der Waals surface area contributed by atoms with Gasteiger partial charge in [0.1, 0.15) is 6.54 Å². The van der Waals surface area contributed by atoms with Crippen LogP contribution in [-0.4, -0.2) is 41.5 Å². The zero-order valence-corrected chi connectivity index (χ0v) is 13.1. The first-order chi connectivity index (χ1) is 9.47. The number of carbonyl (C=O) groups excluding carboxylic acids is 2. The maximum atomic E-state index is 12.1. The molecule has 1 aromatic rings. The van der Waals surface area contributed by atoms with Crippen LogP contribution in [0.25, 0.3) is 0 Å². The fraction of sp³-hybridized carbons (Fsp3) is 0.462. The predicted molar refractivity (Wildman–Crippen MR) is 77.3 cm³/mol. The van der Waals surface area contributed by atoms with Crippen molar-refractivity contribution in [2.24, 2.45) is 0 Å². The summed E-state index contributed by atoms with van der Waals surface area (Å²) in [5.41, 5.74) is -0.245. The molecule has 1 heterocycles. The van der Waals surface area contributed by atoms with E-state index in [9.17, 15) is 14.4 Å². The summed E-state index contributed by atoms with van der Waals surface area (Å²) < 4.78 is 6.59. The number of halogens is 1. The number of nitrogens with zero attached hydrogens (tertiary/aromatic N) is 2. The summed E-state index contributed by atoms with van der Waals surface area (Å²) in [6.07, 6.45) is 1.71. The Bertz CT molecular complexity index is 541. The molecule has 0 saturated heterocycles. The zero-order chi connectivity index (χ0) is 15.1. The molecule has 6 nitrogen and oxygen atoms in total. The predicted octanol–water partition coefficient (Wildman–Crippen LogP) is 1.02. The molecule has 0 aromatic carbocycles. The molecule has 0 spiro atoms. The van der Waals surface area contributed by atoms with Gasteiger partial charge < -0.3 is 14.2 Å². The van der Waals surface area contributed by atoms with Crippen LogP contribution in [0.5, 0.6) is 0 Å². The number of hydrogen-bond acceptors (Lipinski definition) is 4. The normalized spacial score (nSPS) is 10.2. The molecule has 0 bridgehead atoms. The summed E-state index contributed by atoms with van der Waals surface area (Å²) in [6.45, 7) is 2.52. The van der Waals surface area contributed by atoms with E-state index in [0.29, 0.717) is 6.54 Å². The van der Waals surface area contributed by atoms with Gasteiger partial charge >= 0.3 is 5.97 Å². The lowest BCUT2D eigenvalue weighted by Crippen LogP contribution is -2.37. The average Bonchev–Trinajstić information content (AvgIpc) is 2.43. The van der Waals surface area contributed by atoms with Gasteiger partial charge in [-0.05, 0) is 28.9 Å². The van der Waals surface area contributed by atoms with E-state index in [1.165, 1.54) is 22.6 Å². The topological polar surface area (TPSA) is 68.6 Å². The van der Waals surface area contributed by atoms with Gasteiger partial charge in [-0.1, -0.05) is 0 Å². The Hall–Kier alpha value is -1.63. The third kappa shape index (κ3) is 4.80. The minimum atomic E-state index is -0.365. The van der Waals surface area contributed by atoms with Crippen molar-refractivity contribution >= 4 is 27.8 Å². The summed E-state index contributed by atoms with van der Waals surface area (Å²) in [6, 6.07) is 3.01. The van der Waals surface area contributed by atoms with Crippen LogP contribution < -0.4 is 5.56 Å². The number of methoxy groups -OCH3 is 1. The molecule has 110 valence electrons. The van der Waals surface area contributed by atoms with E-state index in [1.54, 1.807) is 12.3 Å². The van der Waals surface area contributed by atoms with Crippen LogP contribution in [0.4, 0.5) is 0 Å². The van der Waals surface area contributed by atoms with Crippen molar-refractivity contribution in [3.05, 3.63) is 33.2 Å². The Labute approximate surface area is 125 Å². The highest BCUT2D eigenvalue weighted by Crippen LogP contribution is 2.05. The molecule has 0 saturated carbocycles. The summed E-state index contributed by atoms with van der Waals surface area (Å²) in [5.74, 6) is -0.576. The first-order valence-corrected chi connectivity index (χ1v) is 6.97. The van der Waals surface area contributed by atoms with Crippen molar-refractivity contribution in [3.8, 4) is 0 Å². The van der Waals surface area contributed by atoms with Gasteiger partial charge in [0.05, 0.1) is 13.5 Å². The standard InChI is InChI=1S/C13H17BrN2O4/c1-3-15(7-6-13(19)20-2)12(18)9-16-8-10(14)4-5-11(16)17/h4-5,8H,3,6-7,9H2,1-2H3. The number of amides is 1. The van der Waals surface area contributed by atoms with Gasteiger partial charge in [-0.25, -0.2) is 0 Å². The van der Waals surface area contributed by atoms with Crippen LogP contribution in [-0.2, 0) is 20.9 Å². The number of hydrogen-bond donors (Lipinski definition) is 0. The fourth-order valence-corrected chi connectivity index (χ4v) is 2.04. The van der Waals surface area contributed by atoms with E-state index >= 15 is 0 Å². The van der Waals surface area contributed by atoms with Gasteiger partial charge in [0.15, 0.2) is 0 Å². The molecule has 0 aliphatic rings. The third-order valence-electron chi connectivity index (χ3n) is 2.80. The third-order valence-corrected chi connectivity index (χ3v) is 3.27. The summed E-state index contributed by atoms with van der Waals surface area (Å²) >= 11 is 3.25. The molecule has 1 rings (SSSR count). The van der Waals surface area contributed by atoms with Crippen LogP contribution in [0.2, 0.25) is 0 Å². The van der Waals surface area contributed by atoms with Crippen LogP contribution in [0.15, 0.2) is 27.6 Å². The number of carbonyl (C=O) groups is 2. The highest BCUT2D eigenvalue weighted by molar-refractivity contribution is 9.10. The van der Waals surface area contributed by atoms with Crippen LogP contribution in [0.1, 0.15) is 13.3 Å². The van der Waals surface area contributed by atoms with Crippen LogP contribution >= 0.6 is 15.9 Å². The molecule has 1 aromatic heterocycles. The molecule has 0 N–H and O–H groups in total. The van der Waals surface area contributed by atoms with Gasteiger partial charge in [0, 0.05) is 29.8 Å². The first kappa shape index (κ1) is 16.4. The van der Waals surface area contributed by atoms with E-state index in [4.69, 9.17) is 0 Å². The Morgan fingerprint density at radius 3 is 2.70 bits per heavy atom. The van der Waals surface area contributed by atoms with E-state index in [0.717, 1.165) is 4.47 Å². The molecule has 0 radical (unpaired) electrons. The Morgan fingerprint density at radius 2 is 2.10 bits per heavy atom. The van der Waals surface area contributed by atoms with Gasteiger partial charge in [-0.2, -0.15) is 0 Å². The number of rotatable bonds is 6. The highest BCUT2D eigenvalue weighted by Gasteiger charge is 2.14. The van der Waals surface area contributed by atoms with E-state index < -0.39 is 0 Å². The summed E-state index contributed by atoms with van der Waals surface area (Å²) in [7, 11) is 1.31. The van der Waals surface area contributed by atoms with Crippen molar-refractivity contribution in [3.63, 3.8) is 0 Å². The molecule has 0 aliphatic carbocycles. The maximum absolute atomic E-state index is 12.1. The van der Waals surface area contributed by atoms with Crippen molar-refractivity contribution in [1.82, 2.24) is 9.47 Å². The van der Waals surface area contributed by atoms with Crippen molar-refractivity contribution in [2.75, 3.05) is 20.2 Å². The van der Waals surface area contributed by atoms with E-state index in [-0.39, 0.29) is 36.9 Å². The second-order valence-corrected chi connectivity index (χ2v) is 5.03. The van der Waals surface area contributed by atoms with E-state index in [2.05, 4.69) is 20.7 Å². The quantitative estimate of drug-likeness (QED) is 0.722. The second-order valence-electron chi connectivity index (χ2n) is 4.11. The van der Waals surface area contributed by atoms with Gasteiger partial charge in [0.25, 0.3) is 5.56 Å². The number of esters is 1. The van der Waals surface area contributed by atoms with Gasteiger partial charge in [-0.15, -0.1) is 0 Å². The molecule has 0 fully saturated rings. The molecule has 7 heteroatoms. The molecule has 0 aliphatic heterocycles. The molecule has 0 unspecified atom stereocenters. The molecule has 0 atom stereocenters. The summed E-state index contributed by atoms with van der Waals surface area (Å²) in [4.78, 5) is 36.3. The Balaban J connectivity index is 2.69. The summed E-state index contributed by atoms with van der Waals surface area (Å²) in [5, 5.41) is 0. The highest BCUT2D eigenvalue weighted by atomic mass is 79.9. The minimum absolute atomic E-state index is 0.0483. The van der Waals surface area contributed by atoms with Crippen LogP contribution in [0, 0.1) is 0 Å². The smallest absolute Gasteiger partial charge is 0.307 e. The lowest BCUT2D eigenvalue weighted by atomic mass is 10.3. The van der Waals surface area contributed by atoms with Crippen molar-refractivity contribution in [1.29, 1.82) is 0 Å². The van der Waals surface area contributed by atoms with Gasteiger partial charge in [-0.3, -0.25) is 14.4 Å². The second kappa shape index (κ2) is 7.84. The number of aromatic nitrogens is 1. The van der Waals surface area contributed by atoms with Crippen LogP contribution in [0.3, 0.4) is 0 Å². The molecule has 20 heavy (non-hydrogen) atoms. The number of likely N-dealkylation sites (N-methyl/N-ethyl adjacent to an activating group) is 1. The Morgan fingerprint density at radius 1 is 1.40 bits per heavy atom. The maximum Gasteiger partial charge on any atom is 0.307 e. The SMILES string of the molecule is CCN(CCC(=O)OC)C(=O)Cn1cc(Br)ccc1=O. The molecular weight excluding hydrogens is 328 g/mol. The molecular formula is C13H17BrN2O4. The zero-order valence-electron chi connectivity index (χ0n) is 11.5. The minimum Gasteiger partial charge on any atom is -0.469 e. The number of pyridine rings is 1. The Kier molecular flexibility index (Phi) is 6.44. The number of ether oxygens (including phenoxy) is 1. The fourth-order valence-electron chi connectivity index (χ4n) is 1.66. The van der Waals surface area contributed by atoms with Gasteiger partial charge in [0.2, 0.25) is 5.91 Å². The first-order valence-electron chi connectivity index (χ1n) is 6.18. The lowest BCUT2D eigenvalue weighted by molar-refractivity contribution is -0.141. The van der Waals surface area contributed by atoms with E-state index in [1.807, 2.05) is 6.92 Å². The lowest BCUT2D eigenvalue weighted by Gasteiger charge is -2.20. The molecule has 1 amide bonds. The van der Waals surface area contributed by atoms with Crippen molar-refractivity contribution in [2.45, 2.75) is 19.9 Å².